The quantitative estimate of drug-likeness (QED) is 0.379. The topological polar surface area (TPSA) is 61.9 Å². The van der Waals surface area contributed by atoms with Crippen molar-refractivity contribution in [3.05, 3.63) is 65.7 Å². The molecule has 0 spiro atoms. The molecule has 6 rings (SSSR count). The van der Waals surface area contributed by atoms with Gasteiger partial charge in [0.2, 0.25) is 0 Å². The summed E-state index contributed by atoms with van der Waals surface area (Å²) in [7, 11) is 1.43. The lowest BCUT2D eigenvalue weighted by atomic mass is 9.81. The van der Waals surface area contributed by atoms with E-state index in [0.717, 1.165) is 17.0 Å². The maximum absolute atomic E-state index is 12.3. The maximum Gasteiger partial charge on any atom is 0.337 e. The van der Waals surface area contributed by atoms with Gasteiger partial charge in [0.05, 0.1) is 36.1 Å². The fourth-order valence-corrected chi connectivity index (χ4v) is 5.47. The lowest BCUT2D eigenvalue weighted by Gasteiger charge is -2.23. The molecule has 0 bridgehead atoms. The lowest BCUT2D eigenvalue weighted by Crippen LogP contribution is -2.07. The summed E-state index contributed by atoms with van der Waals surface area (Å²) in [4.78, 5) is 12.3. The van der Waals surface area contributed by atoms with E-state index in [0.29, 0.717) is 18.0 Å². The second-order valence-electron chi connectivity index (χ2n) is 8.54. The predicted molar refractivity (Wildman–Crippen MR) is 119 cm³/mol. The minimum absolute atomic E-state index is 0.311. The Labute approximate surface area is 180 Å². The lowest BCUT2D eigenvalue weighted by molar-refractivity contribution is 0.0601. The van der Waals surface area contributed by atoms with Crippen LogP contribution in [0.25, 0.3) is 27.8 Å². The number of nitrogens with zero attached hydrogens (tertiary/aromatic N) is 4. The molecule has 0 radical (unpaired) electrons. The SMILES string of the molecule is COC(=O)c1ccc2c(C3CCCCC3)c3n(c2c1)Cc1nncn1-c1ccccc1-3. The Balaban J connectivity index is 1.71. The first-order chi connectivity index (χ1) is 15.3. The molecule has 1 fully saturated rings. The molecule has 3 heterocycles. The van der Waals surface area contributed by atoms with Crippen LogP contribution in [-0.4, -0.2) is 32.4 Å². The molecule has 6 nitrogen and oxygen atoms in total. The number of rotatable bonds is 2. The number of para-hydroxylation sites is 1. The molecule has 0 amide bonds. The highest BCUT2D eigenvalue weighted by Gasteiger charge is 2.30. The first-order valence-electron chi connectivity index (χ1n) is 11.0. The van der Waals surface area contributed by atoms with Crippen LogP contribution in [0.5, 0.6) is 0 Å². The number of ether oxygens (including phenoxy) is 1. The summed E-state index contributed by atoms with van der Waals surface area (Å²) in [5.41, 5.74) is 6.60. The number of aromatic nitrogens is 4. The van der Waals surface area contributed by atoms with Crippen molar-refractivity contribution in [1.82, 2.24) is 19.3 Å². The highest BCUT2D eigenvalue weighted by Crippen LogP contribution is 2.46. The monoisotopic (exact) mass is 412 g/mol. The van der Waals surface area contributed by atoms with Crippen molar-refractivity contribution in [2.45, 2.75) is 44.6 Å². The smallest absolute Gasteiger partial charge is 0.337 e. The number of fused-ring (bicyclic) bond motifs is 7. The summed E-state index contributed by atoms with van der Waals surface area (Å²) < 4.78 is 9.42. The van der Waals surface area contributed by atoms with Crippen molar-refractivity contribution in [3.8, 4) is 16.9 Å². The predicted octanol–water partition coefficient (Wildman–Crippen LogP) is 5.09. The second-order valence-corrected chi connectivity index (χ2v) is 8.54. The van der Waals surface area contributed by atoms with Gasteiger partial charge in [0.25, 0.3) is 0 Å². The van der Waals surface area contributed by atoms with Gasteiger partial charge in [-0.3, -0.25) is 4.57 Å². The number of hydrogen-bond acceptors (Lipinski definition) is 4. The molecule has 31 heavy (non-hydrogen) atoms. The number of carbonyl (C=O) groups excluding carboxylic acids is 1. The Morgan fingerprint density at radius 1 is 1.10 bits per heavy atom. The molecule has 156 valence electrons. The number of esters is 1. The second kappa shape index (κ2) is 7.08. The van der Waals surface area contributed by atoms with Crippen molar-refractivity contribution in [2.24, 2.45) is 0 Å². The largest absolute Gasteiger partial charge is 0.465 e. The minimum atomic E-state index is -0.311. The number of hydrogen-bond donors (Lipinski definition) is 0. The van der Waals surface area contributed by atoms with Gasteiger partial charge in [0, 0.05) is 10.9 Å². The standard InChI is InChI=1S/C25H24N4O2/c1-31-25(30)17-11-12-18-21(13-17)28-14-22-27-26-15-29(22)20-10-6-5-9-19(20)24(28)23(18)16-7-3-2-4-8-16/h5-6,9-13,15-16H,2-4,7-8,14H2,1H3. The first-order valence-corrected chi connectivity index (χ1v) is 11.0. The Morgan fingerprint density at radius 3 is 2.77 bits per heavy atom. The van der Waals surface area contributed by atoms with E-state index in [1.54, 1.807) is 6.33 Å². The Hall–Kier alpha value is -3.41. The van der Waals surface area contributed by atoms with Gasteiger partial charge in [0.15, 0.2) is 5.82 Å². The van der Waals surface area contributed by atoms with Crippen LogP contribution in [0, 0.1) is 0 Å². The van der Waals surface area contributed by atoms with E-state index in [2.05, 4.69) is 49.7 Å². The van der Waals surface area contributed by atoms with Crippen LogP contribution in [-0.2, 0) is 11.3 Å². The van der Waals surface area contributed by atoms with Gasteiger partial charge in [-0.15, -0.1) is 10.2 Å². The van der Waals surface area contributed by atoms with E-state index in [4.69, 9.17) is 4.74 Å². The van der Waals surface area contributed by atoms with Crippen LogP contribution in [0.3, 0.4) is 0 Å². The third kappa shape index (κ3) is 2.74. The van der Waals surface area contributed by atoms with Crippen LogP contribution in [0.1, 0.15) is 59.8 Å². The average Bonchev–Trinajstić information content (AvgIpc) is 3.38. The molecule has 2 aromatic heterocycles. The maximum atomic E-state index is 12.3. The summed E-state index contributed by atoms with van der Waals surface area (Å²) in [6.45, 7) is 0.609. The van der Waals surface area contributed by atoms with E-state index in [1.807, 2.05) is 12.1 Å². The molecule has 1 aliphatic carbocycles. The van der Waals surface area contributed by atoms with Crippen molar-refractivity contribution in [3.63, 3.8) is 0 Å². The van der Waals surface area contributed by atoms with Crippen LogP contribution in [0.4, 0.5) is 0 Å². The Morgan fingerprint density at radius 2 is 1.94 bits per heavy atom. The summed E-state index contributed by atoms with van der Waals surface area (Å²) in [5.74, 6) is 1.10. The van der Waals surface area contributed by atoms with E-state index < -0.39 is 0 Å². The molecular weight excluding hydrogens is 388 g/mol. The third-order valence-electron chi connectivity index (χ3n) is 6.87. The highest BCUT2D eigenvalue weighted by atomic mass is 16.5. The molecule has 1 aliphatic heterocycles. The van der Waals surface area contributed by atoms with Crippen LogP contribution < -0.4 is 0 Å². The number of benzene rings is 2. The molecule has 6 heteroatoms. The van der Waals surface area contributed by atoms with Gasteiger partial charge < -0.3 is 9.30 Å². The summed E-state index contributed by atoms with van der Waals surface area (Å²) >= 11 is 0. The van der Waals surface area contributed by atoms with Crippen molar-refractivity contribution in [1.29, 1.82) is 0 Å². The van der Waals surface area contributed by atoms with Crippen molar-refractivity contribution in [2.75, 3.05) is 7.11 Å². The van der Waals surface area contributed by atoms with Crippen LogP contribution in [0.2, 0.25) is 0 Å². The number of carbonyl (C=O) groups is 1. The zero-order valence-electron chi connectivity index (χ0n) is 17.5. The molecule has 0 unspecified atom stereocenters. The Kier molecular flexibility index (Phi) is 4.19. The van der Waals surface area contributed by atoms with E-state index in [-0.39, 0.29) is 5.97 Å². The molecule has 2 aliphatic rings. The van der Waals surface area contributed by atoms with Gasteiger partial charge in [0.1, 0.15) is 6.33 Å². The molecule has 0 atom stereocenters. The van der Waals surface area contributed by atoms with Gasteiger partial charge in [-0.2, -0.15) is 0 Å². The van der Waals surface area contributed by atoms with Gasteiger partial charge in [-0.25, -0.2) is 4.79 Å². The van der Waals surface area contributed by atoms with Crippen molar-refractivity contribution >= 4 is 16.9 Å². The van der Waals surface area contributed by atoms with E-state index in [1.165, 1.54) is 61.4 Å². The number of methoxy groups -OCH3 is 1. The summed E-state index contributed by atoms with van der Waals surface area (Å²) in [5, 5.41) is 9.83. The van der Waals surface area contributed by atoms with Gasteiger partial charge >= 0.3 is 5.97 Å². The summed E-state index contributed by atoms with van der Waals surface area (Å²) in [6.07, 6.45) is 8.06. The third-order valence-corrected chi connectivity index (χ3v) is 6.87. The zero-order chi connectivity index (χ0) is 20.9. The fraction of sp³-hybridized carbons (Fsp3) is 0.320. The summed E-state index contributed by atoms with van der Waals surface area (Å²) in [6, 6.07) is 14.5. The van der Waals surface area contributed by atoms with Crippen LogP contribution in [0.15, 0.2) is 48.8 Å². The normalized spacial score (nSPS) is 15.8. The molecular formula is C25H24N4O2. The van der Waals surface area contributed by atoms with Gasteiger partial charge in [-0.05, 0) is 42.5 Å². The molecule has 1 saturated carbocycles. The van der Waals surface area contributed by atoms with Gasteiger partial charge in [-0.1, -0.05) is 43.5 Å². The molecule has 0 saturated heterocycles. The molecule has 0 N–H and O–H groups in total. The first kappa shape index (κ1) is 18.4. The minimum Gasteiger partial charge on any atom is -0.465 e. The van der Waals surface area contributed by atoms with E-state index >= 15 is 0 Å². The highest BCUT2D eigenvalue weighted by molar-refractivity contribution is 5.99. The molecule has 2 aromatic carbocycles. The van der Waals surface area contributed by atoms with E-state index in [9.17, 15) is 4.79 Å². The van der Waals surface area contributed by atoms with Crippen LogP contribution >= 0.6 is 0 Å². The molecule has 4 aromatic rings. The zero-order valence-corrected chi connectivity index (χ0v) is 17.5. The fourth-order valence-electron chi connectivity index (χ4n) is 5.47. The average molecular weight is 412 g/mol. The Bertz CT molecular complexity index is 1310. The van der Waals surface area contributed by atoms with Crippen molar-refractivity contribution < 1.29 is 9.53 Å².